The molecule has 0 aromatic heterocycles. The van der Waals surface area contributed by atoms with Gasteiger partial charge in [0.15, 0.2) is 0 Å². The van der Waals surface area contributed by atoms with Gasteiger partial charge in [0.25, 0.3) is 0 Å². The fraction of sp³-hybridized carbons (Fsp3) is 0.545. The minimum absolute atomic E-state index is 0.0243. The van der Waals surface area contributed by atoms with Gasteiger partial charge in [-0.05, 0) is 25.2 Å². The summed E-state index contributed by atoms with van der Waals surface area (Å²) in [6.45, 7) is 2.09. The van der Waals surface area contributed by atoms with Crippen LogP contribution < -0.4 is 5.73 Å². The van der Waals surface area contributed by atoms with Gasteiger partial charge >= 0.3 is 5.97 Å². The van der Waals surface area contributed by atoms with Crippen molar-refractivity contribution in [1.82, 2.24) is 0 Å². The summed E-state index contributed by atoms with van der Waals surface area (Å²) >= 11 is 1.72. The average molecular weight is 243 g/mol. The molecule has 0 saturated carbocycles. The van der Waals surface area contributed by atoms with Crippen molar-refractivity contribution in [3.05, 3.63) is 23.8 Å². The van der Waals surface area contributed by atoms with Gasteiger partial charge in [-0.25, -0.2) is 0 Å². The van der Waals surface area contributed by atoms with Gasteiger partial charge in [0.05, 0.1) is 0 Å². The molecular formula is C11H17NO3S. The molecule has 0 amide bonds. The number of carboxylic acids is 1. The zero-order valence-electron chi connectivity index (χ0n) is 9.38. The number of aliphatic hydroxyl groups is 1. The Bertz CT molecular complexity index is 340. The van der Waals surface area contributed by atoms with E-state index >= 15 is 0 Å². The Morgan fingerprint density at radius 2 is 2.31 bits per heavy atom. The van der Waals surface area contributed by atoms with Crippen LogP contribution in [0.5, 0.6) is 0 Å². The van der Waals surface area contributed by atoms with Crippen molar-refractivity contribution < 1.29 is 15.0 Å². The molecule has 3 unspecified atom stereocenters. The van der Waals surface area contributed by atoms with E-state index in [1.54, 1.807) is 17.8 Å². The van der Waals surface area contributed by atoms with Gasteiger partial charge in [-0.1, -0.05) is 18.2 Å². The molecule has 4 nitrogen and oxygen atoms in total. The SMILES string of the molecule is CSC1(C)C=CC(C(O)C(N)C(=O)O)=CC1. The van der Waals surface area contributed by atoms with Crippen LogP contribution in [0.15, 0.2) is 23.8 Å². The molecule has 0 aromatic rings. The number of carboxylic acid groups (broad SMARTS) is 1. The molecule has 1 rings (SSSR count). The maximum atomic E-state index is 10.6. The van der Waals surface area contributed by atoms with Crippen molar-refractivity contribution in [2.75, 3.05) is 6.26 Å². The van der Waals surface area contributed by atoms with Crippen LogP contribution in [0.3, 0.4) is 0 Å². The fourth-order valence-electron chi connectivity index (χ4n) is 1.44. The number of nitrogens with two attached hydrogens (primary N) is 1. The molecule has 5 heteroatoms. The summed E-state index contributed by atoms with van der Waals surface area (Å²) in [4.78, 5) is 10.6. The first kappa shape index (κ1) is 13.3. The Morgan fingerprint density at radius 1 is 1.69 bits per heavy atom. The summed E-state index contributed by atoms with van der Waals surface area (Å²) in [5.74, 6) is -1.19. The van der Waals surface area contributed by atoms with E-state index in [-0.39, 0.29) is 4.75 Å². The predicted octanol–water partition coefficient (Wildman–Crippen LogP) is 0.767. The van der Waals surface area contributed by atoms with E-state index in [1.165, 1.54) is 0 Å². The number of hydrogen-bond acceptors (Lipinski definition) is 4. The zero-order valence-corrected chi connectivity index (χ0v) is 10.2. The summed E-state index contributed by atoms with van der Waals surface area (Å²) in [6.07, 6.45) is 7.23. The number of carbonyl (C=O) groups is 1. The van der Waals surface area contributed by atoms with E-state index in [2.05, 4.69) is 6.92 Å². The van der Waals surface area contributed by atoms with E-state index in [1.807, 2.05) is 18.4 Å². The molecule has 0 aromatic carbocycles. The van der Waals surface area contributed by atoms with Gasteiger partial charge in [-0.15, -0.1) is 0 Å². The van der Waals surface area contributed by atoms with Crippen molar-refractivity contribution in [3.8, 4) is 0 Å². The molecule has 3 atom stereocenters. The Balaban J connectivity index is 2.73. The maximum absolute atomic E-state index is 10.6. The summed E-state index contributed by atoms with van der Waals surface area (Å²) in [6, 6.07) is -1.27. The highest BCUT2D eigenvalue weighted by Gasteiger charge is 2.28. The Kier molecular flexibility index (Phi) is 4.18. The van der Waals surface area contributed by atoms with Crippen LogP contribution in [0.2, 0.25) is 0 Å². The lowest BCUT2D eigenvalue weighted by atomic mass is 9.92. The summed E-state index contributed by atoms with van der Waals surface area (Å²) in [7, 11) is 0. The second kappa shape index (κ2) is 5.03. The van der Waals surface area contributed by atoms with Gasteiger partial charge in [-0.3, -0.25) is 4.79 Å². The highest BCUT2D eigenvalue weighted by Crippen LogP contribution is 2.33. The van der Waals surface area contributed by atoms with Crippen LogP contribution >= 0.6 is 11.8 Å². The second-order valence-corrected chi connectivity index (χ2v) is 5.41. The molecule has 90 valence electrons. The van der Waals surface area contributed by atoms with Crippen molar-refractivity contribution in [1.29, 1.82) is 0 Å². The first-order valence-electron chi connectivity index (χ1n) is 5.00. The fourth-order valence-corrected chi connectivity index (χ4v) is 1.90. The van der Waals surface area contributed by atoms with Crippen LogP contribution in [-0.4, -0.2) is 39.3 Å². The highest BCUT2D eigenvalue weighted by atomic mass is 32.2. The van der Waals surface area contributed by atoms with Gasteiger partial charge in [0, 0.05) is 4.75 Å². The summed E-state index contributed by atoms with van der Waals surface area (Å²) in [5, 5.41) is 18.4. The third-order valence-electron chi connectivity index (χ3n) is 2.80. The van der Waals surface area contributed by atoms with Crippen LogP contribution in [0.1, 0.15) is 13.3 Å². The Morgan fingerprint density at radius 3 is 2.69 bits per heavy atom. The molecule has 0 fully saturated rings. The molecule has 4 N–H and O–H groups in total. The van der Waals surface area contributed by atoms with Crippen LogP contribution in [-0.2, 0) is 4.79 Å². The molecule has 1 aliphatic carbocycles. The number of aliphatic carboxylic acids is 1. The van der Waals surface area contributed by atoms with Crippen molar-refractivity contribution >= 4 is 17.7 Å². The first-order chi connectivity index (χ1) is 7.39. The van der Waals surface area contributed by atoms with E-state index in [0.29, 0.717) is 5.57 Å². The van der Waals surface area contributed by atoms with Crippen LogP contribution in [0.25, 0.3) is 0 Å². The van der Waals surface area contributed by atoms with Crippen LogP contribution in [0, 0.1) is 0 Å². The molecule has 0 aliphatic heterocycles. The third-order valence-corrected chi connectivity index (χ3v) is 4.04. The summed E-state index contributed by atoms with van der Waals surface area (Å²) in [5.41, 5.74) is 5.95. The second-order valence-electron chi connectivity index (χ2n) is 4.07. The smallest absolute Gasteiger partial charge is 0.323 e. The standard InChI is InChI=1S/C11H17NO3S/c1-11(16-2)5-3-7(4-6-11)9(13)8(12)10(14)15/h3-5,8-9,13H,6,12H2,1-2H3,(H,14,15). The van der Waals surface area contributed by atoms with E-state index in [9.17, 15) is 9.90 Å². The van der Waals surface area contributed by atoms with Crippen LogP contribution in [0.4, 0.5) is 0 Å². The Hall–Kier alpha value is -0.780. The number of rotatable bonds is 4. The molecule has 0 radical (unpaired) electrons. The zero-order chi connectivity index (χ0) is 12.3. The topological polar surface area (TPSA) is 83.5 Å². The highest BCUT2D eigenvalue weighted by molar-refractivity contribution is 8.00. The largest absolute Gasteiger partial charge is 0.480 e. The van der Waals surface area contributed by atoms with Crippen molar-refractivity contribution in [3.63, 3.8) is 0 Å². The van der Waals surface area contributed by atoms with Crippen molar-refractivity contribution in [2.24, 2.45) is 5.73 Å². The summed E-state index contributed by atoms with van der Waals surface area (Å²) < 4.78 is 0.0243. The molecule has 0 spiro atoms. The van der Waals surface area contributed by atoms with Gasteiger partial charge in [0.2, 0.25) is 0 Å². The number of hydrogen-bond donors (Lipinski definition) is 3. The van der Waals surface area contributed by atoms with E-state index < -0.39 is 18.1 Å². The van der Waals surface area contributed by atoms with E-state index in [4.69, 9.17) is 10.8 Å². The quantitative estimate of drug-likeness (QED) is 0.679. The Labute approximate surface area is 99.2 Å². The first-order valence-corrected chi connectivity index (χ1v) is 6.23. The number of aliphatic hydroxyl groups excluding tert-OH is 1. The third kappa shape index (κ3) is 2.87. The average Bonchev–Trinajstić information content (AvgIpc) is 2.28. The van der Waals surface area contributed by atoms with Gasteiger partial charge in [-0.2, -0.15) is 11.8 Å². The molecular weight excluding hydrogens is 226 g/mol. The van der Waals surface area contributed by atoms with E-state index in [0.717, 1.165) is 6.42 Å². The number of allylic oxidation sites excluding steroid dienone is 1. The van der Waals surface area contributed by atoms with Crippen molar-refractivity contribution in [2.45, 2.75) is 30.2 Å². The lowest BCUT2D eigenvalue weighted by Gasteiger charge is -2.27. The number of thioether (sulfide) groups is 1. The van der Waals surface area contributed by atoms with Gasteiger partial charge in [0.1, 0.15) is 12.1 Å². The monoisotopic (exact) mass is 243 g/mol. The molecule has 1 aliphatic rings. The predicted molar refractivity (Wildman–Crippen MR) is 65.4 cm³/mol. The lowest BCUT2D eigenvalue weighted by Crippen LogP contribution is -2.43. The molecule has 0 bridgehead atoms. The molecule has 0 heterocycles. The molecule has 16 heavy (non-hydrogen) atoms. The maximum Gasteiger partial charge on any atom is 0.323 e. The molecule has 0 saturated heterocycles. The van der Waals surface area contributed by atoms with Gasteiger partial charge < -0.3 is 15.9 Å². The normalized spacial score (nSPS) is 28.4. The minimum Gasteiger partial charge on any atom is -0.480 e. The lowest BCUT2D eigenvalue weighted by molar-refractivity contribution is -0.140. The minimum atomic E-state index is -1.27.